The fourth-order valence-electron chi connectivity index (χ4n) is 1.24. The Kier molecular flexibility index (Phi) is 6.32. The van der Waals surface area contributed by atoms with Gasteiger partial charge >= 0.3 is 0 Å². The number of hydrogen-bond donors (Lipinski definition) is 3. The standard InChI is InChI=1S/C12H17ClN2O2S/c1-8(5-16)6-18-7-12(17)15-11-3-2-9(13)4-10(11)14/h2-4,8,16H,5-7,14H2,1H3,(H,15,17). The smallest absolute Gasteiger partial charge is 0.234 e. The number of benzene rings is 1. The third-order valence-corrected chi connectivity index (χ3v) is 3.74. The second-order valence-electron chi connectivity index (χ2n) is 4.08. The predicted octanol–water partition coefficient (Wildman–Crippen LogP) is 2.22. The molecule has 0 aliphatic rings. The topological polar surface area (TPSA) is 75.3 Å². The Balaban J connectivity index is 2.40. The van der Waals surface area contributed by atoms with Crippen LogP contribution in [0.25, 0.3) is 0 Å². The number of carbonyl (C=O) groups is 1. The van der Waals surface area contributed by atoms with E-state index in [1.165, 1.54) is 11.8 Å². The molecular formula is C12H17ClN2O2S. The van der Waals surface area contributed by atoms with E-state index >= 15 is 0 Å². The van der Waals surface area contributed by atoms with Gasteiger partial charge in [-0.1, -0.05) is 18.5 Å². The number of nitrogens with one attached hydrogen (secondary N) is 1. The van der Waals surface area contributed by atoms with Crippen LogP contribution in [-0.2, 0) is 4.79 Å². The highest BCUT2D eigenvalue weighted by Gasteiger charge is 2.07. The molecule has 0 bridgehead atoms. The molecule has 0 saturated carbocycles. The van der Waals surface area contributed by atoms with Crippen molar-refractivity contribution < 1.29 is 9.90 Å². The van der Waals surface area contributed by atoms with Crippen LogP contribution in [-0.4, -0.2) is 29.1 Å². The lowest BCUT2D eigenvalue weighted by Gasteiger charge is -2.09. The van der Waals surface area contributed by atoms with Gasteiger partial charge in [0.15, 0.2) is 0 Å². The van der Waals surface area contributed by atoms with Crippen molar-refractivity contribution in [2.75, 3.05) is 29.2 Å². The fourth-order valence-corrected chi connectivity index (χ4v) is 2.30. The molecule has 0 aliphatic carbocycles. The highest BCUT2D eigenvalue weighted by molar-refractivity contribution is 7.99. The van der Waals surface area contributed by atoms with Crippen LogP contribution >= 0.6 is 23.4 Å². The van der Waals surface area contributed by atoms with Gasteiger partial charge < -0.3 is 16.2 Å². The molecule has 100 valence electrons. The summed E-state index contributed by atoms with van der Waals surface area (Å²) < 4.78 is 0. The average molecular weight is 289 g/mol. The Morgan fingerprint density at radius 1 is 1.61 bits per heavy atom. The number of rotatable bonds is 6. The van der Waals surface area contributed by atoms with Crippen molar-refractivity contribution in [2.24, 2.45) is 5.92 Å². The van der Waals surface area contributed by atoms with Crippen molar-refractivity contribution in [3.63, 3.8) is 0 Å². The highest BCUT2D eigenvalue weighted by Crippen LogP contribution is 2.22. The predicted molar refractivity (Wildman–Crippen MR) is 78.1 cm³/mol. The van der Waals surface area contributed by atoms with E-state index in [0.29, 0.717) is 22.2 Å². The third-order valence-electron chi connectivity index (χ3n) is 2.23. The zero-order chi connectivity index (χ0) is 13.5. The van der Waals surface area contributed by atoms with E-state index in [0.717, 1.165) is 5.75 Å². The van der Waals surface area contributed by atoms with Crippen molar-refractivity contribution in [2.45, 2.75) is 6.92 Å². The van der Waals surface area contributed by atoms with Gasteiger partial charge in [0.05, 0.1) is 17.1 Å². The number of halogens is 1. The molecule has 0 saturated heterocycles. The summed E-state index contributed by atoms with van der Waals surface area (Å²) in [6.07, 6.45) is 0. The molecule has 1 aromatic rings. The van der Waals surface area contributed by atoms with E-state index in [1.54, 1.807) is 18.2 Å². The molecule has 1 aromatic carbocycles. The quantitative estimate of drug-likeness (QED) is 0.702. The molecule has 1 rings (SSSR count). The molecular weight excluding hydrogens is 272 g/mol. The summed E-state index contributed by atoms with van der Waals surface area (Å²) in [5.74, 6) is 1.18. The highest BCUT2D eigenvalue weighted by atomic mass is 35.5. The van der Waals surface area contributed by atoms with E-state index in [-0.39, 0.29) is 18.4 Å². The molecule has 1 amide bonds. The molecule has 4 N–H and O–H groups in total. The van der Waals surface area contributed by atoms with E-state index in [1.807, 2.05) is 6.92 Å². The number of amides is 1. The number of aliphatic hydroxyl groups excluding tert-OH is 1. The maximum Gasteiger partial charge on any atom is 0.234 e. The lowest BCUT2D eigenvalue weighted by molar-refractivity contribution is -0.113. The molecule has 4 nitrogen and oxygen atoms in total. The number of carbonyl (C=O) groups excluding carboxylic acids is 1. The van der Waals surface area contributed by atoms with Gasteiger partial charge in [0.25, 0.3) is 0 Å². The van der Waals surface area contributed by atoms with Crippen molar-refractivity contribution in [3.8, 4) is 0 Å². The number of aliphatic hydroxyl groups is 1. The van der Waals surface area contributed by atoms with Crippen LogP contribution in [0.4, 0.5) is 11.4 Å². The molecule has 0 spiro atoms. The number of nitrogens with two attached hydrogens (primary N) is 1. The van der Waals surface area contributed by atoms with Crippen LogP contribution in [0.3, 0.4) is 0 Å². The van der Waals surface area contributed by atoms with Crippen LogP contribution in [0, 0.1) is 5.92 Å². The van der Waals surface area contributed by atoms with Crippen LogP contribution in [0.1, 0.15) is 6.92 Å². The van der Waals surface area contributed by atoms with Crippen molar-refractivity contribution in [1.29, 1.82) is 0 Å². The van der Waals surface area contributed by atoms with Crippen molar-refractivity contribution >= 4 is 40.6 Å². The Hall–Kier alpha value is -0.910. The largest absolute Gasteiger partial charge is 0.397 e. The minimum Gasteiger partial charge on any atom is -0.397 e. The van der Waals surface area contributed by atoms with Gasteiger partial charge in [-0.3, -0.25) is 4.79 Å². The maximum atomic E-state index is 11.6. The SMILES string of the molecule is CC(CO)CSCC(=O)Nc1ccc(Cl)cc1N. The Labute approximate surface area is 116 Å². The first-order chi connectivity index (χ1) is 8.52. The summed E-state index contributed by atoms with van der Waals surface area (Å²) in [6, 6.07) is 4.95. The normalized spacial score (nSPS) is 12.2. The van der Waals surface area contributed by atoms with Gasteiger partial charge in [0.2, 0.25) is 5.91 Å². The number of nitrogen functional groups attached to an aromatic ring is 1. The zero-order valence-corrected chi connectivity index (χ0v) is 11.7. The molecule has 0 aromatic heterocycles. The minimum absolute atomic E-state index is 0.112. The molecule has 0 fully saturated rings. The molecule has 0 heterocycles. The summed E-state index contributed by atoms with van der Waals surface area (Å²) >= 11 is 7.25. The lowest BCUT2D eigenvalue weighted by Crippen LogP contribution is -2.16. The third kappa shape index (κ3) is 5.16. The molecule has 18 heavy (non-hydrogen) atoms. The van der Waals surface area contributed by atoms with Gasteiger partial charge in [0.1, 0.15) is 0 Å². The molecule has 0 aliphatic heterocycles. The van der Waals surface area contributed by atoms with Gasteiger partial charge in [-0.05, 0) is 29.9 Å². The second-order valence-corrected chi connectivity index (χ2v) is 5.55. The zero-order valence-electron chi connectivity index (χ0n) is 10.1. The minimum atomic E-state index is -0.112. The number of thioether (sulfide) groups is 1. The maximum absolute atomic E-state index is 11.6. The summed E-state index contributed by atoms with van der Waals surface area (Å²) in [5.41, 5.74) is 6.75. The monoisotopic (exact) mass is 288 g/mol. The summed E-state index contributed by atoms with van der Waals surface area (Å²) in [7, 11) is 0. The van der Waals surface area contributed by atoms with E-state index in [2.05, 4.69) is 5.32 Å². The molecule has 1 atom stereocenters. The van der Waals surface area contributed by atoms with Gasteiger partial charge in [-0.2, -0.15) is 11.8 Å². The van der Waals surface area contributed by atoms with E-state index in [4.69, 9.17) is 22.4 Å². The van der Waals surface area contributed by atoms with Crippen molar-refractivity contribution in [1.82, 2.24) is 0 Å². The first-order valence-corrected chi connectivity index (χ1v) is 7.09. The fraction of sp³-hybridized carbons (Fsp3) is 0.417. The Morgan fingerprint density at radius 3 is 2.94 bits per heavy atom. The van der Waals surface area contributed by atoms with Gasteiger partial charge in [-0.15, -0.1) is 0 Å². The van der Waals surface area contributed by atoms with Crippen LogP contribution in [0.15, 0.2) is 18.2 Å². The molecule has 0 radical (unpaired) electrons. The summed E-state index contributed by atoms with van der Waals surface area (Å²) in [4.78, 5) is 11.6. The number of hydrogen-bond acceptors (Lipinski definition) is 4. The second kappa shape index (κ2) is 7.51. The summed E-state index contributed by atoms with van der Waals surface area (Å²) in [6.45, 7) is 2.07. The Bertz CT molecular complexity index is 415. The Morgan fingerprint density at radius 2 is 2.33 bits per heavy atom. The first kappa shape index (κ1) is 15.1. The number of anilines is 2. The molecule has 6 heteroatoms. The van der Waals surface area contributed by atoms with Crippen LogP contribution < -0.4 is 11.1 Å². The average Bonchev–Trinajstić information content (AvgIpc) is 2.32. The van der Waals surface area contributed by atoms with Crippen LogP contribution in [0.5, 0.6) is 0 Å². The van der Waals surface area contributed by atoms with E-state index in [9.17, 15) is 4.79 Å². The first-order valence-electron chi connectivity index (χ1n) is 5.56. The summed E-state index contributed by atoms with van der Waals surface area (Å²) in [5, 5.41) is 12.1. The van der Waals surface area contributed by atoms with Crippen molar-refractivity contribution in [3.05, 3.63) is 23.2 Å². The van der Waals surface area contributed by atoms with Gasteiger partial charge in [0, 0.05) is 11.6 Å². The lowest BCUT2D eigenvalue weighted by atomic mass is 10.2. The van der Waals surface area contributed by atoms with Gasteiger partial charge in [-0.25, -0.2) is 0 Å². The van der Waals surface area contributed by atoms with E-state index < -0.39 is 0 Å². The van der Waals surface area contributed by atoms with Crippen LogP contribution in [0.2, 0.25) is 5.02 Å². The molecule has 1 unspecified atom stereocenters.